The van der Waals surface area contributed by atoms with E-state index in [9.17, 15) is 23.5 Å². The molecule has 0 bridgehead atoms. The van der Waals surface area contributed by atoms with Gasteiger partial charge < -0.3 is 5.11 Å². The Morgan fingerprint density at radius 3 is 2.50 bits per heavy atom. The summed E-state index contributed by atoms with van der Waals surface area (Å²) in [4.78, 5) is 25.6. The fourth-order valence-corrected chi connectivity index (χ4v) is 3.17. The van der Waals surface area contributed by atoms with E-state index in [1.54, 1.807) is 0 Å². The largest absolute Gasteiger partial charge is 0.381 e. The zero-order valence-corrected chi connectivity index (χ0v) is 13.0. The van der Waals surface area contributed by atoms with Crippen molar-refractivity contribution in [2.24, 2.45) is 0 Å². The molecule has 1 N–H and O–H groups in total. The summed E-state index contributed by atoms with van der Waals surface area (Å²) >= 11 is 0.799. The molecule has 1 unspecified atom stereocenters. The predicted molar refractivity (Wildman–Crippen MR) is 79.8 cm³/mol. The second-order valence-corrected chi connectivity index (χ2v) is 6.18. The SMILES string of the molecule is O=C1CSC(=O)N1CC(O)(Cn1nccn1)c1ccc(F)cc1F. The summed E-state index contributed by atoms with van der Waals surface area (Å²) in [5, 5.41) is 18.2. The third kappa shape index (κ3) is 3.15. The molecule has 1 atom stereocenters. The van der Waals surface area contributed by atoms with Crippen LogP contribution >= 0.6 is 11.8 Å². The molecule has 1 saturated heterocycles. The Morgan fingerprint density at radius 1 is 1.21 bits per heavy atom. The highest BCUT2D eigenvalue weighted by Gasteiger charge is 2.41. The minimum Gasteiger partial charge on any atom is -0.381 e. The molecule has 2 aromatic rings. The number of hydrogen-bond acceptors (Lipinski definition) is 6. The van der Waals surface area contributed by atoms with E-state index in [0.29, 0.717) is 6.07 Å². The monoisotopic (exact) mass is 354 g/mol. The number of β-amino-alcohol motifs (C(OH)–C–C–N with tert-alkyl or cyclic N) is 1. The van der Waals surface area contributed by atoms with E-state index < -0.39 is 34.9 Å². The van der Waals surface area contributed by atoms with Gasteiger partial charge in [0.2, 0.25) is 5.91 Å². The lowest BCUT2D eigenvalue weighted by molar-refractivity contribution is -0.128. The van der Waals surface area contributed by atoms with Crippen LogP contribution in [0.15, 0.2) is 30.6 Å². The first-order valence-corrected chi connectivity index (χ1v) is 7.87. The molecular formula is C14H12F2N4O3S. The van der Waals surface area contributed by atoms with E-state index in [1.807, 2.05) is 0 Å². The summed E-state index contributed by atoms with van der Waals surface area (Å²) in [7, 11) is 0. The van der Waals surface area contributed by atoms with E-state index in [1.165, 1.54) is 12.4 Å². The zero-order chi connectivity index (χ0) is 17.3. The van der Waals surface area contributed by atoms with Crippen LogP contribution in [-0.2, 0) is 16.9 Å². The summed E-state index contributed by atoms with van der Waals surface area (Å²) in [5.74, 6) is -2.32. The first kappa shape index (κ1) is 16.5. The maximum atomic E-state index is 14.2. The topological polar surface area (TPSA) is 88.3 Å². The van der Waals surface area contributed by atoms with Crippen molar-refractivity contribution in [1.82, 2.24) is 19.9 Å². The number of nitrogens with zero attached hydrogens (tertiary/aromatic N) is 4. The molecular weight excluding hydrogens is 342 g/mol. The number of carbonyl (C=O) groups excluding carboxylic acids is 2. The van der Waals surface area contributed by atoms with Crippen LogP contribution < -0.4 is 0 Å². The molecule has 0 radical (unpaired) electrons. The van der Waals surface area contributed by atoms with Crippen molar-refractivity contribution in [1.29, 1.82) is 0 Å². The van der Waals surface area contributed by atoms with Crippen molar-refractivity contribution in [3.05, 3.63) is 47.8 Å². The summed E-state index contributed by atoms with van der Waals surface area (Å²) in [5.41, 5.74) is -2.26. The van der Waals surface area contributed by atoms with Gasteiger partial charge in [0.25, 0.3) is 5.24 Å². The van der Waals surface area contributed by atoms with Crippen molar-refractivity contribution in [3.8, 4) is 0 Å². The fourth-order valence-electron chi connectivity index (χ4n) is 2.44. The minimum atomic E-state index is -2.01. The Labute approximate surface area is 139 Å². The molecule has 7 nitrogen and oxygen atoms in total. The quantitative estimate of drug-likeness (QED) is 0.866. The lowest BCUT2D eigenvalue weighted by atomic mass is 9.92. The van der Waals surface area contributed by atoms with Crippen LogP contribution in [0.1, 0.15) is 5.56 Å². The van der Waals surface area contributed by atoms with E-state index in [4.69, 9.17) is 0 Å². The third-order valence-corrected chi connectivity index (χ3v) is 4.42. The molecule has 2 heterocycles. The second-order valence-electron chi connectivity index (χ2n) is 5.25. The van der Waals surface area contributed by atoms with Crippen molar-refractivity contribution in [3.63, 3.8) is 0 Å². The molecule has 1 aromatic carbocycles. The fraction of sp³-hybridized carbons (Fsp3) is 0.286. The Kier molecular flexibility index (Phi) is 4.33. The first-order chi connectivity index (χ1) is 11.4. The Bertz CT molecular complexity index is 770. The van der Waals surface area contributed by atoms with Crippen molar-refractivity contribution in [2.75, 3.05) is 12.3 Å². The van der Waals surface area contributed by atoms with Gasteiger partial charge in [0.1, 0.15) is 17.2 Å². The van der Waals surface area contributed by atoms with Crippen LogP contribution in [0, 0.1) is 11.6 Å². The smallest absolute Gasteiger partial charge is 0.288 e. The van der Waals surface area contributed by atoms with Gasteiger partial charge in [0.15, 0.2) is 0 Å². The summed E-state index contributed by atoms with van der Waals surface area (Å²) in [6.45, 7) is -0.800. The number of aromatic nitrogens is 3. The molecule has 1 aliphatic rings. The number of benzene rings is 1. The maximum absolute atomic E-state index is 14.2. The average molecular weight is 354 g/mol. The maximum Gasteiger partial charge on any atom is 0.288 e. The van der Waals surface area contributed by atoms with E-state index in [0.717, 1.165) is 33.6 Å². The molecule has 24 heavy (non-hydrogen) atoms. The highest BCUT2D eigenvalue weighted by Crippen LogP contribution is 2.30. The van der Waals surface area contributed by atoms with Gasteiger partial charge in [-0.05, 0) is 6.07 Å². The third-order valence-electron chi connectivity index (χ3n) is 3.56. The van der Waals surface area contributed by atoms with Crippen LogP contribution in [0.3, 0.4) is 0 Å². The highest BCUT2D eigenvalue weighted by atomic mass is 32.2. The highest BCUT2D eigenvalue weighted by molar-refractivity contribution is 8.14. The predicted octanol–water partition coefficient (Wildman–Crippen LogP) is 1.14. The lowest BCUT2D eigenvalue weighted by Gasteiger charge is -2.31. The van der Waals surface area contributed by atoms with Crippen LogP contribution in [-0.4, -0.2) is 48.4 Å². The molecule has 2 amide bonds. The second kappa shape index (κ2) is 6.29. The van der Waals surface area contributed by atoms with Crippen LogP contribution in [0.2, 0.25) is 0 Å². The number of imide groups is 1. The van der Waals surface area contributed by atoms with Gasteiger partial charge >= 0.3 is 0 Å². The molecule has 126 valence electrons. The number of carbonyl (C=O) groups is 2. The van der Waals surface area contributed by atoms with E-state index >= 15 is 0 Å². The molecule has 0 saturated carbocycles. The van der Waals surface area contributed by atoms with Gasteiger partial charge in [-0.2, -0.15) is 15.0 Å². The standard InChI is InChI=1S/C14H12F2N4O3S/c15-9-1-2-10(11(16)5-9)14(23,8-20-17-3-4-18-20)7-19-12(21)6-24-13(19)22/h1-5,23H,6-8H2. The van der Waals surface area contributed by atoms with Gasteiger partial charge in [0.05, 0.1) is 31.2 Å². The summed E-state index contributed by atoms with van der Waals surface area (Å²) in [6.07, 6.45) is 2.73. The molecule has 1 aliphatic heterocycles. The van der Waals surface area contributed by atoms with Crippen LogP contribution in [0.5, 0.6) is 0 Å². The number of amides is 2. The Morgan fingerprint density at radius 2 is 1.92 bits per heavy atom. The zero-order valence-electron chi connectivity index (χ0n) is 12.2. The molecule has 3 rings (SSSR count). The molecule has 1 aromatic heterocycles. The molecule has 1 fully saturated rings. The Hall–Kier alpha value is -2.33. The first-order valence-electron chi connectivity index (χ1n) is 6.88. The minimum absolute atomic E-state index is 0.0408. The van der Waals surface area contributed by atoms with Gasteiger partial charge in [-0.25, -0.2) is 8.78 Å². The van der Waals surface area contributed by atoms with Gasteiger partial charge in [-0.15, -0.1) is 0 Å². The number of halogens is 2. The van der Waals surface area contributed by atoms with Crippen molar-refractivity contribution >= 4 is 22.9 Å². The molecule has 10 heteroatoms. The van der Waals surface area contributed by atoms with Gasteiger partial charge in [0, 0.05) is 11.6 Å². The summed E-state index contributed by atoms with van der Waals surface area (Å²) < 4.78 is 27.4. The number of thioether (sulfide) groups is 1. The van der Waals surface area contributed by atoms with E-state index in [-0.39, 0.29) is 17.9 Å². The molecule has 0 spiro atoms. The lowest BCUT2D eigenvalue weighted by Crippen LogP contribution is -2.46. The van der Waals surface area contributed by atoms with Crippen molar-refractivity contribution < 1.29 is 23.5 Å². The number of hydrogen-bond donors (Lipinski definition) is 1. The van der Waals surface area contributed by atoms with Gasteiger partial charge in [-0.3, -0.25) is 14.5 Å². The summed E-state index contributed by atoms with van der Waals surface area (Å²) in [6, 6.07) is 2.69. The van der Waals surface area contributed by atoms with E-state index in [2.05, 4.69) is 10.2 Å². The number of aliphatic hydroxyl groups is 1. The number of rotatable bonds is 5. The Balaban J connectivity index is 1.99. The molecule has 0 aliphatic carbocycles. The normalized spacial score (nSPS) is 17.4. The van der Waals surface area contributed by atoms with Crippen LogP contribution in [0.25, 0.3) is 0 Å². The van der Waals surface area contributed by atoms with Gasteiger partial charge in [-0.1, -0.05) is 17.8 Å². The average Bonchev–Trinajstić information content (AvgIpc) is 3.12. The van der Waals surface area contributed by atoms with Crippen molar-refractivity contribution in [2.45, 2.75) is 12.1 Å². The van der Waals surface area contributed by atoms with Crippen LogP contribution in [0.4, 0.5) is 13.6 Å².